The number of nitrogen functional groups attached to an aromatic ring is 1. The first-order valence-corrected chi connectivity index (χ1v) is 5.54. The molecular formula is C13H20N2O. The van der Waals surface area contributed by atoms with Crippen molar-refractivity contribution in [2.75, 3.05) is 17.6 Å². The van der Waals surface area contributed by atoms with Gasteiger partial charge in [-0.15, -0.1) is 6.58 Å². The lowest BCUT2D eigenvalue weighted by molar-refractivity contribution is 0.242. The first kappa shape index (κ1) is 12.4. The Kier molecular flexibility index (Phi) is 4.70. The predicted octanol–water partition coefficient (Wildman–Crippen LogP) is 3.04. The Labute approximate surface area is 97.3 Å². The Hall–Kier alpha value is -1.64. The number of rotatable bonds is 6. The third-order valence-corrected chi connectivity index (χ3v) is 1.98. The number of nitrogens with two attached hydrogens (primary N) is 1. The first-order valence-electron chi connectivity index (χ1n) is 5.54. The van der Waals surface area contributed by atoms with E-state index in [1.54, 1.807) is 0 Å². The zero-order valence-corrected chi connectivity index (χ0v) is 9.99. The second-order valence-corrected chi connectivity index (χ2v) is 3.96. The Morgan fingerprint density at radius 1 is 1.44 bits per heavy atom. The molecule has 1 rings (SSSR count). The summed E-state index contributed by atoms with van der Waals surface area (Å²) in [5.41, 5.74) is 7.49. The highest BCUT2D eigenvalue weighted by Gasteiger charge is 2.01. The van der Waals surface area contributed by atoms with Gasteiger partial charge in [0.05, 0.1) is 6.10 Å². The molecule has 0 saturated carbocycles. The van der Waals surface area contributed by atoms with Gasteiger partial charge in [-0.05, 0) is 26.3 Å². The van der Waals surface area contributed by atoms with Crippen molar-refractivity contribution in [1.29, 1.82) is 0 Å². The fourth-order valence-electron chi connectivity index (χ4n) is 1.38. The largest absolute Gasteiger partial charge is 0.491 e. The van der Waals surface area contributed by atoms with Gasteiger partial charge in [0.1, 0.15) is 5.75 Å². The molecule has 0 aliphatic heterocycles. The Bertz CT molecular complexity index is 348. The second kappa shape index (κ2) is 6.05. The van der Waals surface area contributed by atoms with Gasteiger partial charge in [-0.1, -0.05) is 6.08 Å². The van der Waals surface area contributed by atoms with Crippen LogP contribution in [0, 0.1) is 0 Å². The van der Waals surface area contributed by atoms with Crippen molar-refractivity contribution in [3.05, 3.63) is 30.9 Å². The minimum Gasteiger partial charge on any atom is -0.491 e. The summed E-state index contributed by atoms with van der Waals surface area (Å²) in [7, 11) is 0. The van der Waals surface area contributed by atoms with Crippen molar-refractivity contribution in [3.8, 4) is 5.75 Å². The zero-order valence-electron chi connectivity index (χ0n) is 9.99. The van der Waals surface area contributed by atoms with Crippen LogP contribution in [0.2, 0.25) is 0 Å². The lowest BCUT2D eigenvalue weighted by Gasteiger charge is -2.13. The van der Waals surface area contributed by atoms with Crippen molar-refractivity contribution in [2.45, 2.75) is 26.4 Å². The molecule has 0 bridgehead atoms. The molecule has 0 spiro atoms. The SMILES string of the molecule is C=CCCNc1cc(N)cc(OC(C)C)c1. The van der Waals surface area contributed by atoms with E-state index >= 15 is 0 Å². The fourth-order valence-corrected chi connectivity index (χ4v) is 1.38. The molecule has 1 aromatic rings. The van der Waals surface area contributed by atoms with Crippen LogP contribution in [0.5, 0.6) is 5.75 Å². The highest BCUT2D eigenvalue weighted by atomic mass is 16.5. The van der Waals surface area contributed by atoms with Gasteiger partial charge in [0.15, 0.2) is 0 Å². The smallest absolute Gasteiger partial charge is 0.123 e. The van der Waals surface area contributed by atoms with Crippen molar-refractivity contribution in [3.63, 3.8) is 0 Å². The Morgan fingerprint density at radius 2 is 2.19 bits per heavy atom. The molecule has 0 amide bonds. The average Bonchev–Trinajstić information content (AvgIpc) is 2.16. The predicted molar refractivity (Wildman–Crippen MR) is 69.9 cm³/mol. The minimum absolute atomic E-state index is 0.155. The molecule has 0 aliphatic rings. The summed E-state index contributed by atoms with van der Waals surface area (Å²) in [6.45, 7) is 8.52. The highest BCUT2D eigenvalue weighted by Crippen LogP contribution is 2.23. The molecule has 0 unspecified atom stereocenters. The summed E-state index contributed by atoms with van der Waals surface area (Å²) in [4.78, 5) is 0. The van der Waals surface area contributed by atoms with Crippen LogP contribution in [0.15, 0.2) is 30.9 Å². The molecule has 0 saturated heterocycles. The third-order valence-electron chi connectivity index (χ3n) is 1.98. The zero-order chi connectivity index (χ0) is 12.0. The van der Waals surface area contributed by atoms with E-state index in [4.69, 9.17) is 10.5 Å². The highest BCUT2D eigenvalue weighted by molar-refractivity contribution is 5.59. The van der Waals surface area contributed by atoms with E-state index < -0.39 is 0 Å². The van der Waals surface area contributed by atoms with E-state index in [0.29, 0.717) is 5.69 Å². The quantitative estimate of drug-likeness (QED) is 0.440. The van der Waals surface area contributed by atoms with Crippen molar-refractivity contribution < 1.29 is 4.74 Å². The van der Waals surface area contributed by atoms with Crippen molar-refractivity contribution in [1.82, 2.24) is 0 Å². The van der Waals surface area contributed by atoms with E-state index in [0.717, 1.165) is 24.4 Å². The molecule has 3 nitrogen and oxygen atoms in total. The van der Waals surface area contributed by atoms with Gasteiger partial charge >= 0.3 is 0 Å². The van der Waals surface area contributed by atoms with Gasteiger partial charge in [-0.2, -0.15) is 0 Å². The second-order valence-electron chi connectivity index (χ2n) is 3.96. The number of hydrogen-bond donors (Lipinski definition) is 2. The van der Waals surface area contributed by atoms with Crippen LogP contribution in [0.4, 0.5) is 11.4 Å². The molecule has 3 N–H and O–H groups in total. The molecular weight excluding hydrogens is 200 g/mol. The van der Waals surface area contributed by atoms with E-state index in [1.807, 2.05) is 38.1 Å². The van der Waals surface area contributed by atoms with Crippen LogP contribution < -0.4 is 15.8 Å². The molecule has 0 heterocycles. The summed E-state index contributed by atoms with van der Waals surface area (Å²) in [6, 6.07) is 5.69. The van der Waals surface area contributed by atoms with Crippen LogP contribution in [0.3, 0.4) is 0 Å². The normalized spacial score (nSPS) is 10.2. The lowest BCUT2D eigenvalue weighted by atomic mass is 10.2. The monoisotopic (exact) mass is 220 g/mol. The van der Waals surface area contributed by atoms with Crippen LogP contribution in [-0.4, -0.2) is 12.6 Å². The molecule has 1 aromatic carbocycles. The van der Waals surface area contributed by atoms with Gasteiger partial charge < -0.3 is 15.8 Å². The maximum Gasteiger partial charge on any atom is 0.123 e. The Balaban J connectivity index is 2.69. The number of benzene rings is 1. The Morgan fingerprint density at radius 3 is 2.81 bits per heavy atom. The van der Waals surface area contributed by atoms with E-state index in [-0.39, 0.29) is 6.10 Å². The number of ether oxygens (including phenoxy) is 1. The number of hydrogen-bond acceptors (Lipinski definition) is 3. The summed E-state index contributed by atoms with van der Waals surface area (Å²) in [6.07, 6.45) is 2.96. The minimum atomic E-state index is 0.155. The van der Waals surface area contributed by atoms with Gasteiger partial charge in [0.2, 0.25) is 0 Å². The van der Waals surface area contributed by atoms with Crippen molar-refractivity contribution >= 4 is 11.4 Å². The van der Waals surface area contributed by atoms with Gasteiger partial charge in [-0.3, -0.25) is 0 Å². The maximum atomic E-state index is 5.80. The molecule has 0 atom stereocenters. The lowest BCUT2D eigenvalue weighted by Crippen LogP contribution is -2.07. The molecule has 0 aliphatic carbocycles. The first-order chi connectivity index (χ1) is 7.61. The molecule has 88 valence electrons. The van der Waals surface area contributed by atoms with Gasteiger partial charge in [0.25, 0.3) is 0 Å². The number of anilines is 2. The van der Waals surface area contributed by atoms with Crippen LogP contribution >= 0.6 is 0 Å². The molecule has 0 fully saturated rings. The van der Waals surface area contributed by atoms with Crippen LogP contribution in [-0.2, 0) is 0 Å². The molecule has 0 aromatic heterocycles. The van der Waals surface area contributed by atoms with Gasteiger partial charge in [0, 0.05) is 30.1 Å². The maximum absolute atomic E-state index is 5.80. The molecule has 3 heteroatoms. The van der Waals surface area contributed by atoms with Gasteiger partial charge in [-0.25, -0.2) is 0 Å². The topological polar surface area (TPSA) is 47.3 Å². The average molecular weight is 220 g/mol. The summed E-state index contributed by atoms with van der Waals surface area (Å²) in [5.74, 6) is 0.802. The van der Waals surface area contributed by atoms with Crippen LogP contribution in [0.1, 0.15) is 20.3 Å². The summed E-state index contributed by atoms with van der Waals surface area (Å²) in [5, 5.41) is 3.27. The number of nitrogens with one attached hydrogen (secondary N) is 1. The van der Waals surface area contributed by atoms with Crippen LogP contribution in [0.25, 0.3) is 0 Å². The van der Waals surface area contributed by atoms with E-state index in [2.05, 4.69) is 11.9 Å². The summed E-state index contributed by atoms with van der Waals surface area (Å²) < 4.78 is 5.60. The van der Waals surface area contributed by atoms with E-state index in [9.17, 15) is 0 Å². The molecule has 0 radical (unpaired) electrons. The van der Waals surface area contributed by atoms with Crippen molar-refractivity contribution in [2.24, 2.45) is 0 Å². The third kappa shape index (κ3) is 4.26. The standard InChI is InChI=1S/C13H20N2O/c1-4-5-6-15-12-7-11(14)8-13(9-12)16-10(2)3/h4,7-10,15H,1,5-6,14H2,2-3H3. The fraction of sp³-hybridized carbons (Fsp3) is 0.385. The summed E-state index contributed by atoms with van der Waals surface area (Å²) >= 11 is 0. The molecule has 16 heavy (non-hydrogen) atoms. The van der Waals surface area contributed by atoms with E-state index in [1.165, 1.54) is 0 Å².